The lowest BCUT2D eigenvalue weighted by atomic mass is 10.1. The average molecular weight is 508 g/mol. The lowest BCUT2D eigenvalue weighted by Gasteiger charge is -2.35. The summed E-state index contributed by atoms with van der Waals surface area (Å²) in [7, 11) is 0. The van der Waals surface area contributed by atoms with Crippen LogP contribution in [0.1, 0.15) is 29.8 Å². The number of hydrogen-bond acceptors (Lipinski definition) is 5. The SMILES string of the molecule is CC1CN(C(=O)/C(=C/c2cn(-c3ccccc3)nc2-c2cccnc2)NC(=O)c2ccccc2)CC(C)O1. The first-order valence-electron chi connectivity index (χ1n) is 12.6. The fourth-order valence-electron chi connectivity index (χ4n) is 4.54. The number of nitrogens with one attached hydrogen (secondary N) is 1. The maximum atomic E-state index is 13.8. The molecule has 8 nitrogen and oxygen atoms in total. The van der Waals surface area contributed by atoms with Gasteiger partial charge in [-0.05, 0) is 56.3 Å². The molecular weight excluding hydrogens is 478 g/mol. The molecule has 0 radical (unpaired) electrons. The predicted octanol–water partition coefficient (Wildman–Crippen LogP) is 4.34. The van der Waals surface area contributed by atoms with E-state index < -0.39 is 0 Å². The molecule has 2 unspecified atom stereocenters. The molecule has 0 spiro atoms. The van der Waals surface area contributed by atoms with Crippen LogP contribution >= 0.6 is 0 Å². The van der Waals surface area contributed by atoms with E-state index in [1.165, 1.54) is 0 Å². The number of ether oxygens (including phenoxy) is 1. The van der Waals surface area contributed by atoms with Crippen LogP contribution < -0.4 is 5.32 Å². The highest BCUT2D eigenvalue weighted by atomic mass is 16.5. The summed E-state index contributed by atoms with van der Waals surface area (Å²) in [6, 6.07) is 22.3. The minimum absolute atomic E-state index is 0.111. The summed E-state index contributed by atoms with van der Waals surface area (Å²) in [5, 5.41) is 7.69. The maximum absolute atomic E-state index is 13.8. The third-order valence-corrected chi connectivity index (χ3v) is 6.22. The van der Waals surface area contributed by atoms with Crippen LogP contribution in [0.5, 0.6) is 0 Å². The minimum atomic E-state index is -0.363. The van der Waals surface area contributed by atoms with Crippen molar-refractivity contribution in [2.75, 3.05) is 13.1 Å². The van der Waals surface area contributed by atoms with E-state index in [0.717, 1.165) is 11.3 Å². The van der Waals surface area contributed by atoms with Crippen LogP contribution in [0, 0.1) is 0 Å². The molecule has 5 rings (SSSR count). The van der Waals surface area contributed by atoms with Crippen molar-refractivity contribution in [3.8, 4) is 16.9 Å². The zero-order chi connectivity index (χ0) is 26.5. The topological polar surface area (TPSA) is 89.4 Å². The number of para-hydroxylation sites is 1. The van der Waals surface area contributed by atoms with Crippen LogP contribution in [0.15, 0.2) is 97.1 Å². The molecule has 0 saturated carbocycles. The molecule has 4 aromatic rings. The Morgan fingerprint density at radius 1 is 0.947 bits per heavy atom. The molecule has 38 heavy (non-hydrogen) atoms. The number of rotatable bonds is 6. The molecule has 1 N–H and O–H groups in total. The number of benzene rings is 2. The number of carbonyl (C=O) groups is 2. The van der Waals surface area contributed by atoms with E-state index in [2.05, 4.69) is 10.3 Å². The predicted molar refractivity (Wildman–Crippen MR) is 145 cm³/mol. The molecule has 2 atom stereocenters. The van der Waals surface area contributed by atoms with Crippen molar-refractivity contribution in [2.45, 2.75) is 26.1 Å². The molecule has 0 bridgehead atoms. The highest BCUT2D eigenvalue weighted by Crippen LogP contribution is 2.26. The van der Waals surface area contributed by atoms with Crippen LogP contribution in [0.25, 0.3) is 23.0 Å². The Bertz CT molecular complexity index is 1420. The Morgan fingerprint density at radius 3 is 2.29 bits per heavy atom. The smallest absolute Gasteiger partial charge is 0.270 e. The molecule has 0 aliphatic carbocycles. The minimum Gasteiger partial charge on any atom is -0.372 e. The summed E-state index contributed by atoms with van der Waals surface area (Å²) in [5.74, 6) is -0.640. The lowest BCUT2D eigenvalue weighted by molar-refractivity contribution is -0.139. The second-order valence-electron chi connectivity index (χ2n) is 9.30. The fraction of sp³-hybridized carbons (Fsp3) is 0.200. The molecule has 1 aliphatic heterocycles. The van der Waals surface area contributed by atoms with Crippen LogP contribution in [-0.4, -0.2) is 56.8 Å². The Balaban J connectivity index is 1.59. The van der Waals surface area contributed by atoms with Crippen LogP contribution in [0.4, 0.5) is 0 Å². The highest BCUT2D eigenvalue weighted by Gasteiger charge is 2.29. The van der Waals surface area contributed by atoms with Crippen molar-refractivity contribution in [1.82, 2.24) is 25.0 Å². The second-order valence-corrected chi connectivity index (χ2v) is 9.30. The van der Waals surface area contributed by atoms with Crippen LogP contribution in [0.3, 0.4) is 0 Å². The number of nitrogens with zero attached hydrogens (tertiary/aromatic N) is 4. The number of carbonyl (C=O) groups excluding carboxylic acids is 2. The van der Waals surface area contributed by atoms with Crippen molar-refractivity contribution < 1.29 is 14.3 Å². The molecule has 1 fully saturated rings. The summed E-state index contributed by atoms with van der Waals surface area (Å²) in [6.45, 7) is 4.74. The molecule has 3 heterocycles. The first-order chi connectivity index (χ1) is 18.5. The van der Waals surface area contributed by atoms with Gasteiger partial charge in [-0.2, -0.15) is 5.10 Å². The van der Waals surface area contributed by atoms with Gasteiger partial charge in [-0.1, -0.05) is 36.4 Å². The van der Waals surface area contributed by atoms with E-state index in [4.69, 9.17) is 9.84 Å². The van der Waals surface area contributed by atoms with Gasteiger partial charge in [-0.3, -0.25) is 14.6 Å². The van der Waals surface area contributed by atoms with Crippen molar-refractivity contribution in [1.29, 1.82) is 0 Å². The monoisotopic (exact) mass is 507 g/mol. The van der Waals surface area contributed by atoms with Gasteiger partial charge in [0.15, 0.2) is 0 Å². The summed E-state index contributed by atoms with van der Waals surface area (Å²) >= 11 is 0. The Hall–Kier alpha value is -4.56. The lowest BCUT2D eigenvalue weighted by Crippen LogP contribution is -2.50. The van der Waals surface area contributed by atoms with Crippen molar-refractivity contribution in [3.63, 3.8) is 0 Å². The van der Waals surface area contributed by atoms with Crippen molar-refractivity contribution >= 4 is 17.9 Å². The molecule has 8 heteroatoms. The molecular formula is C30H29N5O3. The van der Waals surface area contributed by atoms with E-state index in [-0.39, 0.29) is 29.7 Å². The van der Waals surface area contributed by atoms with Gasteiger partial charge in [-0.25, -0.2) is 4.68 Å². The Labute approximate surface area is 221 Å². The number of amides is 2. The van der Waals surface area contributed by atoms with Gasteiger partial charge in [0.2, 0.25) is 0 Å². The van der Waals surface area contributed by atoms with E-state index in [0.29, 0.717) is 29.9 Å². The zero-order valence-electron chi connectivity index (χ0n) is 21.3. The zero-order valence-corrected chi connectivity index (χ0v) is 21.3. The normalized spacial score (nSPS) is 17.7. The maximum Gasteiger partial charge on any atom is 0.270 e. The Morgan fingerprint density at radius 2 is 1.63 bits per heavy atom. The van der Waals surface area contributed by atoms with Gasteiger partial charge in [-0.15, -0.1) is 0 Å². The third-order valence-electron chi connectivity index (χ3n) is 6.22. The number of aromatic nitrogens is 3. The molecule has 2 amide bonds. The molecule has 2 aromatic carbocycles. The second kappa shape index (κ2) is 11.2. The van der Waals surface area contributed by atoms with Gasteiger partial charge in [0.25, 0.3) is 11.8 Å². The standard InChI is InChI=1S/C30H29N5O3/c1-21-18-34(19-22(2)38-21)30(37)27(32-29(36)23-10-5-3-6-11-23)16-25-20-35(26-13-7-4-8-14-26)33-28(25)24-12-9-15-31-17-24/h3-17,20-22H,18-19H2,1-2H3,(H,32,36)/b27-16-. The summed E-state index contributed by atoms with van der Waals surface area (Å²) in [6.07, 6.45) is 6.75. The summed E-state index contributed by atoms with van der Waals surface area (Å²) in [4.78, 5) is 33.0. The van der Waals surface area contributed by atoms with E-state index >= 15 is 0 Å². The molecule has 192 valence electrons. The third kappa shape index (κ3) is 5.71. The van der Waals surface area contributed by atoms with E-state index in [1.807, 2.05) is 68.6 Å². The summed E-state index contributed by atoms with van der Waals surface area (Å²) in [5.41, 5.74) is 3.61. The Kier molecular flexibility index (Phi) is 7.42. The number of morpholine rings is 1. The molecule has 1 aliphatic rings. The number of hydrogen-bond donors (Lipinski definition) is 1. The first-order valence-corrected chi connectivity index (χ1v) is 12.6. The largest absolute Gasteiger partial charge is 0.372 e. The molecule has 1 saturated heterocycles. The van der Waals surface area contributed by atoms with Gasteiger partial charge in [0.05, 0.1) is 17.9 Å². The van der Waals surface area contributed by atoms with Gasteiger partial charge in [0, 0.05) is 48.4 Å². The highest BCUT2D eigenvalue weighted by molar-refractivity contribution is 6.05. The van der Waals surface area contributed by atoms with Crippen molar-refractivity contribution in [2.24, 2.45) is 0 Å². The van der Waals surface area contributed by atoms with Gasteiger partial charge >= 0.3 is 0 Å². The van der Waals surface area contributed by atoms with Gasteiger partial charge < -0.3 is 15.0 Å². The number of pyridine rings is 1. The van der Waals surface area contributed by atoms with Crippen LogP contribution in [0.2, 0.25) is 0 Å². The van der Waals surface area contributed by atoms with E-state index in [1.54, 1.807) is 52.3 Å². The molecule has 2 aromatic heterocycles. The average Bonchev–Trinajstić information content (AvgIpc) is 3.37. The first kappa shape index (κ1) is 25.1. The van der Waals surface area contributed by atoms with Crippen molar-refractivity contribution in [3.05, 3.63) is 108 Å². The fourth-order valence-corrected chi connectivity index (χ4v) is 4.54. The summed E-state index contributed by atoms with van der Waals surface area (Å²) < 4.78 is 7.58. The van der Waals surface area contributed by atoms with Crippen LogP contribution in [-0.2, 0) is 9.53 Å². The van der Waals surface area contributed by atoms with Gasteiger partial charge in [0.1, 0.15) is 11.4 Å². The van der Waals surface area contributed by atoms with E-state index in [9.17, 15) is 9.59 Å². The quantitative estimate of drug-likeness (QED) is 0.392.